The molecule has 0 atom stereocenters. The Labute approximate surface area is 147 Å². The van der Waals surface area contributed by atoms with E-state index in [4.69, 9.17) is 0 Å². The van der Waals surface area contributed by atoms with Crippen LogP contribution in [0, 0.1) is 5.92 Å². The van der Waals surface area contributed by atoms with Crippen molar-refractivity contribution in [3.63, 3.8) is 0 Å². The number of benzene rings is 1. The van der Waals surface area contributed by atoms with Gasteiger partial charge in [-0.1, -0.05) is 19.1 Å². The highest BCUT2D eigenvalue weighted by Crippen LogP contribution is 2.34. The zero-order valence-corrected chi connectivity index (χ0v) is 15.0. The minimum atomic E-state index is -0.0876. The summed E-state index contributed by atoms with van der Waals surface area (Å²) in [7, 11) is 0. The number of nitrogens with one attached hydrogen (secondary N) is 1. The van der Waals surface area contributed by atoms with Crippen molar-refractivity contribution in [2.45, 2.75) is 24.7 Å². The normalized spacial score (nSPS) is 19.2. The summed E-state index contributed by atoms with van der Waals surface area (Å²) in [5, 5.41) is 2.96. The van der Waals surface area contributed by atoms with Crippen LogP contribution in [-0.2, 0) is 9.59 Å². The van der Waals surface area contributed by atoms with E-state index in [1.54, 1.807) is 4.90 Å². The van der Waals surface area contributed by atoms with Gasteiger partial charge in [-0.05, 0) is 44.0 Å². The molecule has 1 fully saturated rings. The second-order valence-corrected chi connectivity index (χ2v) is 7.63. The molecule has 1 saturated heterocycles. The highest BCUT2D eigenvalue weighted by Gasteiger charge is 2.26. The van der Waals surface area contributed by atoms with Gasteiger partial charge in [-0.2, -0.15) is 0 Å². The number of thioether (sulfide) groups is 1. The number of likely N-dealkylation sites (tertiary alicyclic amines) is 1. The topological polar surface area (TPSA) is 52.7 Å². The number of carbonyl (C=O) groups is 2. The standard InChI is InChI=1S/C18H25N3O2S/c1-14-6-9-20(10-7-14)11-8-19-17(22)12-21-15-4-2-3-5-16(15)24-13-18(21)23/h2-5,14H,6-13H2,1H3,(H,19,22). The fourth-order valence-electron chi connectivity index (χ4n) is 3.17. The van der Waals surface area contributed by atoms with Crippen LogP contribution in [0.25, 0.3) is 0 Å². The summed E-state index contributed by atoms with van der Waals surface area (Å²) in [6.45, 7) is 6.17. The van der Waals surface area contributed by atoms with Gasteiger partial charge in [0.1, 0.15) is 6.54 Å². The second-order valence-electron chi connectivity index (χ2n) is 6.61. The molecule has 0 saturated carbocycles. The molecule has 6 heteroatoms. The van der Waals surface area contributed by atoms with E-state index < -0.39 is 0 Å². The molecule has 130 valence electrons. The van der Waals surface area contributed by atoms with Gasteiger partial charge in [-0.25, -0.2) is 0 Å². The molecule has 1 aromatic carbocycles. The number of hydrogen-bond donors (Lipinski definition) is 1. The third-order valence-corrected chi connectivity index (χ3v) is 5.78. The number of hydrogen-bond acceptors (Lipinski definition) is 4. The Morgan fingerprint density at radius 3 is 2.83 bits per heavy atom. The Morgan fingerprint density at radius 1 is 1.29 bits per heavy atom. The number of rotatable bonds is 5. The van der Waals surface area contributed by atoms with Crippen molar-refractivity contribution in [2.75, 3.05) is 43.4 Å². The number of amides is 2. The molecule has 0 aliphatic carbocycles. The minimum absolute atomic E-state index is 0.00105. The van der Waals surface area contributed by atoms with Crippen LogP contribution in [0.2, 0.25) is 0 Å². The van der Waals surface area contributed by atoms with Crippen LogP contribution in [0.1, 0.15) is 19.8 Å². The lowest BCUT2D eigenvalue weighted by Gasteiger charge is -2.30. The molecule has 2 aliphatic rings. The van der Waals surface area contributed by atoms with Crippen LogP contribution in [0.5, 0.6) is 0 Å². The first-order valence-corrected chi connectivity index (χ1v) is 9.63. The molecule has 5 nitrogen and oxygen atoms in total. The first-order valence-electron chi connectivity index (χ1n) is 8.65. The van der Waals surface area contributed by atoms with Crippen molar-refractivity contribution < 1.29 is 9.59 Å². The Kier molecular flexibility index (Phi) is 5.79. The smallest absolute Gasteiger partial charge is 0.240 e. The fraction of sp³-hybridized carbons (Fsp3) is 0.556. The first kappa shape index (κ1) is 17.3. The summed E-state index contributed by atoms with van der Waals surface area (Å²) >= 11 is 1.53. The maximum atomic E-state index is 12.2. The first-order chi connectivity index (χ1) is 11.6. The lowest BCUT2D eigenvalue weighted by Crippen LogP contribution is -2.45. The molecule has 2 aliphatic heterocycles. The van der Waals surface area contributed by atoms with Gasteiger partial charge < -0.3 is 15.1 Å². The van der Waals surface area contributed by atoms with Gasteiger partial charge in [0.25, 0.3) is 0 Å². The fourth-order valence-corrected chi connectivity index (χ4v) is 4.10. The average molecular weight is 347 g/mol. The van der Waals surface area contributed by atoms with Crippen LogP contribution in [0.3, 0.4) is 0 Å². The third-order valence-electron chi connectivity index (χ3n) is 4.74. The maximum absolute atomic E-state index is 12.2. The van der Waals surface area contributed by atoms with Gasteiger partial charge in [0.2, 0.25) is 11.8 Å². The van der Waals surface area contributed by atoms with E-state index >= 15 is 0 Å². The predicted octanol–water partition coefficient (Wildman–Crippen LogP) is 1.97. The SMILES string of the molecule is CC1CCN(CCNC(=O)CN2C(=O)CSc3ccccc32)CC1. The number of anilines is 1. The van der Waals surface area contributed by atoms with E-state index in [-0.39, 0.29) is 18.4 Å². The molecule has 3 rings (SSSR count). The largest absolute Gasteiger partial charge is 0.353 e. The van der Waals surface area contributed by atoms with Crippen LogP contribution in [0.15, 0.2) is 29.2 Å². The van der Waals surface area contributed by atoms with Gasteiger partial charge in [-0.15, -0.1) is 11.8 Å². The Morgan fingerprint density at radius 2 is 2.04 bits per heavy atom. The molecule has 2 heterocycles. The van der Waals surface area contributed by atoms with Gasteiger partial charge in [0.15, 0.2) is 0 Å². The van der Waals surface area contributed by atoms with E-state index in [1.165, 1.54) is 24.6 Å². The van der Waals surface area contributed by atoms with Crippen molar-refractivity contribution in [2.24, 2.45) is 5.92 Å². The van der Waals surface area contributed by atoms with E-state index in [0.717, 1.165) is 36.1 Å². The number of fused-ring (bicyclic) bond motifs is 1. The molecule has 0 spiro atoms. The van der Waals surface area contributed by atoms with Crippen LogP contribution >= 0.6 is 11.8 Å². The third kappa shape index (κ3) is 4.30. The van der Waals surface area contributed by atoms with Crippen molar-refractivity contribution in [1.82, 2.24) is 10.2 Å². The Balaban J connectivity index is 1.47. The van der Waals surface area contributed by atoms with Crippen LogP contribution < -0.4 is 10.2 Å². The molecule has 0 bridgehead atoms. The van der Waals surface area contributed by atoms with Gasteiger partial charge in [-0.3, -0.25) is 9.59 Å². The lowest BCUT2D eigenvalue weighted by atomic mass is 9.99. The van der Waals surface area contributed by atoms with Crippen molar-refractivity contribution in [3.8, 4) is 0 Å². The molecule has 1 aromatic rings. The summed E-state index contributed by atoms with van der Waals surface area (Å²) in [4.78, 5) is 29.5. The molecule has 0 radical (unpaired) electrons. The Bertz CT molecular complexity index is 600. The monoisotopic (exact) mass is 347 g/mol. The van der Waals surface area contributed by atoms with Crippen LogP contribution in [-0.4, -0.2) is 55.2 Å². The van der Waals surface area contributed by atoms with E-state index in [2.05, 4.69) is 17.1 Å². The number of para-hydroxylation sites is 1. The zero-order chi connectivity index (χ0) is 16.9. The van der Waals surface area contributed by atoms with Gasteiger partial charge in [0.05, 0.1) is 11.4 Å². The Hall–Kier alpha value is -1.53. The summed E-state index contributed by atoms with van der Waals surface area (Å²) in [5.74, 6) is 1.13. The highest BCUT2D eigenvalue weighted by molar-refractivity contribution is 8.00. The zero-order valence-electron chi connectivity index (χ0n) is 14.2. The highest BCUT2D eigenvalue weighted by atomic mass is 32.2. The number of carbonyl (C=O) groups excluding carboxylic acids is 2. The quantitative estimate of drug-likeness (QED) is 0.885. The maximum Gasteiger partial charge on any atom is 0.240 e. The van der Waals surface area contributed by atoms with Crippen molar-refractivity contribution >= 4 is 29.3 Å². The van der Waals surface area contributed by atoms with Crippen molar-refractivity contribution in [3.05, 3.63) is 24.3 Å². The molecule has 0 unspecified atom stereocenters. The van der Waals surface area contributed by atoms with E-state index in [0.29, 0.717) is 12.3 Å². The minimum Gasteiger partial charge on any atom is -0.353 e. The van der Waals surface area contributed by atoms with Gasteiger partial charge in [0, 0.05) is 18.0 Å². The summed E-state index contributed by atoms with van der Waals surface area (Å²) < 4.78 is 0. The van der Waals surface area contributed by atoms with E-state index in [1.807, 2.05) is 24.3 Å². The summed E-state index contributed by atoms with van der Waals surface area (Å²) in [6.07, 6.45) is 2.48. The molecule has 0 aromatic heterocycles. The van der Waals surface area contributed by atoms with Crippen molar-refractivity contribution in [1.29, 1.82) is 0 Å². The molecule has 1 N–H and O–H groups in total. The number of piperidine rings is 1. The molecular formula is C18H25N3O2S. The second kappa shape index (κ2) is 8.03. The summed E-state index contributed by atoms with van der Waals surface area (Å²) in [6, 6.07) is 7.76. The van der Waals surface area contributed by atoms with E-state index in [9.17, 15) is 9.59 Å². The average Bonchev–Trinajstić information content (AvgIpc) is 2.59. The summed E-state index contributed by atoms with van der Waals surface area (Å²) in [5.41, 5.74) is 0.846. The molecule has 2 amide bonds. The predicted molar refractivity (Wildman–Crippen MR) is 97.4 cm³/mol. The van der Waals surface area contributed by atoms with Gasteiger partial charge >= 0.3 is 0 Å². The molecular weight excluding hydrogens is 322 g/mol. The van der Waals surface area contributed by atoms with Crippen LogP contribution in [0.4, 0.5) is 5.69 Å². The number of nitrogens with zero attached hydrogens (tertiary/aromatic N) is 2. The lowest BCUT2D eigenvalue weighted by molar-refractivity contribution is -0.123. The molecule has 24 heavy (non-hydrogen) atoms.